The standard InChI is InChI=1S/C40H44O18/c1-13-7-16-10-23(43)40(55-6)37(50)27-19(36(49)39(40,52)28(16)32(47)25(13)38(51)54-5)11-18-26(31(27)46)20(41)8-17(30(18)45)9-22-35(53-4)33(48)34(15(3)56-22)58-24-12-21(42)29(44)14(2)57-24/h7-8,11,14-15,21-24,29,33-35,42-44,46-48,52H,9-10,12H2,1-6H3/t14?,15-,21-,22?,23+,24?,29+,33+,34-,35-,39-,40+/m0/s1. The molecule has 0 saturated carbocycles. The fourth-order valence-electron chi connectivity index (χ4n) is 9.32. The molecule has 12 atom stereocenters. The molecule has 0 bridgehead atoms. The summed E-state index contributed by atoms with van der Waals surface area (Å²) in [6, 6.07) is 2.18. The summed E-state index contributed by atoms with van der Waals surface area (Å²) in [5, 5.41) is 78.8. The lowest BCUT2D eigenvalue weighted by atomic mass is 9.56. The number of carbonyl (C=O) groups is 5. The van der Waals surface area contributed by atoms with Crippen molar-refractivity contribution in [1.29, 1.82) is 0 Å². The molecule has 2 heterocycles. The molecule has 7 N–H and O–H groups in total. The Kier molecular flexibility index (Phi) is 10.5. The molecule has 0 aromatic heterocycles. The second kappa shape index (κ2) is 14.7. The Morgan fingerprint density at radius 2 is 1.57 bits per heavy atom. The van der Waals surface area contributed by atoms with E-state index in [1.54, 1.807) is 13.8 Å². The van der Waals surface area contributed by atoms with Gasteiger partial charge in [-0.2, -0.15) is 0 Å². The maximum atomic E-state index is 14.7. The van der Waals surface area contributed by atoms with Crippen LogP contribution >= 0.6 is 0 Å². The highest BCUT2D eigenvalue weighted by Gasteiger charge is 2.72. The first kappa shape index (κ1) is 41.7. The van der Waals surface area contributed by atoms with Crippen molar-refractivity contribution in [2.75, 3.05) is 21.3 Å². The first-order valence-electron chi connectivity index (χ1n) is 18.5. The second-order valence-corrected chi connectivity index (χ2v) is 15.3. The number of carbonyl (C=O) groups excluding carboxylic acids is 5. The zero-order chi connectivity index (χ0) is 42.5. The number of hydrogen-bond donors (Lipinski definition) is 7. The van der Waals surface area contributed by atoms with Crippen LogP contribution in [0.15, 0.2) is 23.8 Å². The van der Waals surface area contributed by atoms with Gasteiger partial charge in [-0.3, -0.25) is 19.2 Å². The van der Waals surface area contributed by atoms with E-state index >= 15 is 0 Å². The van der Waals surface area contributed by atoms with Gasteiger partial charge in [0, 0.05) is 55.7 Å². The zero-order valence-electron chi connectivity index (χ0n) is 32.2. The van der Waals surface area contributed by atoms with E-state index in [-0.39, 0.29) is 29.5 Å². The van der Waals surface area contributed by atoms with Crippen molar-refractivity contribution in [2.45, 2.75) is 112 Å². The largest absolute Gasteiger partial charge is 0.507 e. The smallest absolute Gasteiger partial charge is 0.341 e. The van der Waals surface area contributed by atoms with Gasteiger partial charge in [0.2, 0.25) is 11.6 Å². The number of ketones is 4. The summed E-state index contributed by atoms with van der Waals surface area (Å²) in [6.45, 7) is 4.56. The molecule has 18 heteroatoms. The number of phenols is 2. The number of ether oxygens (including phenoxy) is 6. The molecule has 0 radical (unpaired) electrons. The van der Waals surface area contributed by atoms with Gasteiger partial charge in [-0.1, -0.05) is 6.07 Å². The average Bonchev–Trinajstić information content (AvgIpc) is 3.16. The summed E-state index contributed by atoms with van der Waals surface area (Å²) in [5.74, 6) is -7.67. The van der Waals surface area contributed by atoms with Crippen LogP contribution < -0.4 is 0 Å². The van der Waals surface area contributed by atoms with Crippen LogP contribution in [0.4, 0.5) is 0 Å². The number of fused-ring (bicyclic) bond motifs is 5. The molecule has 3 aliphatic carbocycles. The summed E-state index contributed by atoms with van der Waals surface area (Å²) >= 11 is 0. The number of aliphatic hydroxyl groups is 5. The number of rotatable bonds is 7. The van der Waals surface area contributed by atoms with E-state index in [9.17, 15) is 59.7 Å². The highest BCUT2D eigenvalue weighted by molar-refractivity contribution is 6.31. The minimum absolute atomic E-state index is 0.0185. The molecule has 312 valence electrons. The monoisotopic (exact) mass is 812 g/mol. The number of benzene rings is 2. The quantitative estimate of drug-likeness (QED) is 0.179. The first-order chi connectivity index (χ1) is 27.3. The number of phenolic OH excluding ortho intramolecular Hbond substituents is 2. The SMILES string of the molecule is COC(=O)c1c(C)cc2c(c1O)[C@]1(O)C(=O)c3cc4c(c(O)c3C(=O)[C@]1(OC)[C@H](O)C2)C(=O)C=C(CC1O[C@@H](C)[C@H](OC2C[C@H](O)[C@H](O)C(C)O2)[C@@H](O)[C@H]1OC)C4=O. The van der Waals surface area contributed by atoms with E-state index < -0.39 is 153 Å². The highest BCUT2D eigenvalue weighted by Crippen LogP contribution is 2.56. The van der Waals surface area contributed by atoms with Crippen molar-refractivity contribution in [1.82, 2.24) is 0 Å². The van der Waals surface area contributed by atoms with E-state index in [2.05, 4.69) is 0 Å². The van der Waals surface area contributed by atoms with Crippen molar-refractivity contribution in [3.05, 3.63) is 68.3 Å². The van der Waals surface area contributed by atoms with Crippen molar-refractivity contribution in [2.24, 2.45) is 0 Å². The van der Waals surface area contributed by atoms with Crippen LogP contribution in [0, 0.1) is 6.92 Å². The Hall–Kier alpha value is -4.47. The van der Waals surface area contributed by atoms with E-state index in [1.807, 2.05) is 0 Å². The third-order valence-corrected chi connectivity index (χ3v) is 12.2. The number of esters is 1. The number of aromatic hydroxyl groups is 2. The number of aryl methyl sites for hydroxylation is 1. The average molecular weight is 813 g/mol. The molecule has 2 aromatic carbocycles. The maximum Gasteiger partial charge on any atom is 0.341 e. The van der Waals surface area contributed by atoms with Crippen LogP contribution in [0.2, 0.25) is 0 Å². The van der Waals surface area contributed by atoms with Gasteiger partial charge in [0.1, 0.15) is 41.5 Å². The number of hydrogen-bond acceptors (Lipinski definition) is 18. The van der Waals surface area contributed by atoms with Gasteiger partial charge < -0.3 is 64.2 Å². The van der Waals surface area contributed by atoms with E-state index in [4.69, 9.17) is 28.4 Å². The normalized spacial score (nSPS) is 35.7. The molecule has 5 aliphatic rings. The predicted octanol–water partition coefficient (Wildman–Crippen LogP) is -0.138. The van der Waals surface area contributed by atoms with Gasteiger partial charge in [0.25, 0.3) is 0 Å². The van der Waals surface area contributed by atoms with Crippen LogP contribution in [0.3, 0.4) is 0 Å². The third kappa shape index (κ3) is 5.73. The zero-order valence-corrected chi connectivity index (χ0v) is 32.2. The number of Topliss-reactive ketones (excluding diaryl/α,β-unsaturated/α-hetero) is 3. The van der Waals surface area contributed by atoms with Gasteiger partial charge >= 0.3 is 5.97 Å². The fourth-order valence-corrected chi connectivity index (χ4v) is 9.32. The van der Waals surface area contributed by atoms with Gasteiger partial charge in [0.15, 0.2) is 29.1 Å². The summed E-state index contributed by atoms with van der Waals surface area (Å²) in [5.41, 5.74) is -10.1. The molecule has 0 spiro atoms. The van der Waals surface area contributed by atoms with E-state index in [0.29, 0.717) is 0 Å². The summed E-state index contributed by atoms with van der Waals surface area (Å²) in [6.07, 6.45) is -11.6. The van der Waals surface area contributed by atoms with Crippen molar-refractivity contribution >= 4 is 29.1 Å². The Labute approximate surface area is 330 Å². The second-order valence-electron chi connectivity index (χ2n) is 15.3. The maximum absolute atomic E-state index is 14.7. The van der Waals surface area contributed by atoms with Crippen molar-refractivity contribution in [3.63, 3.8) is 0 Å². The van der Waals surface area contributed by atoms with Crippen LogP contribution in [0.25, 0.3) is 0 Å². The number of aliphatic hydroxyl groups excluding tert-OH is 4. The topological polar surface area (TPSA) is 282 Å². The van der Waals surface area contributed by atoms with E-state index in [0.717, 1.165) is 26.4 Å². The molecule has 18 nitrogen and oxygen atoms in total. The molecule has 2 fully saturated rings. The van der Waals surface area contributed by atoms with Crippen LogP contribution in [-0.2, 0) is 40.4 Å². The molecule has 7 rings (SSSR count). The molecule has 2 aliphatic heterocycles. The third-order valence-electron chi connectivity index (χ3n) is 12.2. The Morgan fingerprint density at radius 1 is 0.879 bits per heavy atom. The molecule has 2 aromatic rings. The Balaban J connectivity index is 1.25. The summed E-state index contributed by atoms with van der Waals surface area (Å²) in [4.78, 5) is 70.0. The van der Waals surface area contributed by atoms with Crippen molar-refractivity contribution < 1.29 is 88.1 Å². The molecule has 2 saturated heterocycles. The lowest BCUT2D eigenvalue weighted by Crippen LogP contribution is -2.73. The highest BCUT2D eigenvalue weighted by atomic mass is 16.7. The first-order valence-corrected chi connectivity index (χ1v) is 18.5. The number of methoxy groups -OCH3 is 3. The van der Waals surface area contributed by atoms with Crippen LogP contribution in [-0.4, -0.2) is 153 Å². The molecule has 3 unspecified atom stereocenters. The van der Waals surface area contributed by atoms with Crippen LogP contribution in [0.1, 0.15) is 95.2 Å². The lowest BCUT2D eigenvalue weighted by molar-refractivity contribution is -0.307. The predicted molar refractivity (Wildman–Crippen MR) is 193 cm³/mol. The van der Waals surface area contributed by atoms with Crippen molar-refractivity contribution in [3.8, 4) is 11.5 Å². The minimum Gasteiger partial charge on any atom is -0.507 e. The Bertz CT molecular complexity index is 2150. The van der Waals surface area contributed by atoms with Gasteiger partial charge in [-0.25, -0.2) is 4.79 Å². The van der Waals surface area contributed by atoms with E-state index in [1.165, 1.54) is 20.1 Å². The molecule has 0 amide bonds. The van der Waals surface area contributed by atoms with Gasteiger partial charge in [-0.15, -0.1) is 0 Å². The number of allylic oxidation sites excluding steroid dienone is 1. The fraction of sp³-hybridized carbons (Fsp3) is 0.525. The Morgan fingerprint density at radius 3 is 2.19 bits per heavy atom. The lowest BCUT2D eigenvalue weighted by Gasteiger charge is -2.52. The summed E-state index contributed by atoms with van der Waals surface area (Å²) < 4.78 is 33.6. The van der Waals surface area contributed by atoms with Gasteiger partial charge in [-0.05, 0) is 44.0 Å². The minimum atomic E-state index is -3.26. The molecule has 58 heavy (non-hydrogen) atoms. The van der Waals surface area contributed by atoms with Crippen LogP contribution in [0.5, 0.6) is 11.5 Å². The summed E-state index contributed by atoms with van der Waals surface area (Å²) in [7, 11) is 3.22. The molecular formula is C40H44O18. The molecular weight excluding hydrogens is 768 g/mol. The van der Waals surface area contributed by atoms with Gasteiger partial charge in [0.05, 0.1) is 48.8 Å².